The highest BCUT2D eigenvalue weighted by Crippen LogP contribution is 2.21. The average molecular weight is 235 g/mol. The van der Waals surface area contributed by atoms with Crippen molar-refractivity contribution in [2.45, 2.75) is 26.4 Å². The summed E-state index contributed by atoms with van der Waals surface area (Å²) in [5.74, 6) is 0.452. The predicted molar refractivity (Wildman–Crippen MR) is 62.3 cm³/mol. The number of aliphatic hydroxyl groups excluding tert-OH is 1. The molecule has 0 saturated carbocycles. The molecule has 0 fully saturated rings. The molecule has 1 atom stereocenters. The molecule has 84 valence electrons. The largest absolute Gasteiger partial charge is 0.385 e. The summed E-state index contributed by atoms with van der Waals surface area (Å²) >= 11 is 1.61. The summed E-state index contributed by atoms with van der Waals surface area (Å²) in [5, 5.41) is 10.8. The second-order valence-corrected chi connectivity index (χ2v) is 4.86. The number of aliphatic hydroxyl groups is 1. The Labute approximate surface area is 98.0 Å². The van der Waals surface area contributed by atoms with Gasteiger partial charge in [-0.05, 0) is 19.9 Å². The van der Waals surface area contributed by atoms with Crippen LogP contribution in [0.2, 0.25) is 0 Å². The van der Waals surface area contributed by atoms with E-state index >= 15 is 0 Å². The lowest BCUT2D eigenvalue weighted by atomic mass is 10.2. The summed E-state index contributed by atoms with van der Waals surface area (Å²) in [4.78, 5) is 13.6. The average Bonchev–Trinajstić information content (AvgIpc) is 2.59. The van der Waals surface area contributed by atoms with Crippen LogP contribution in [0.1, 0.15) is 27.5 Å². The van der Waals surface area contributed by atoms with Crippen LogP contribution >= 0.6 is 11.3 Å². The van der Waals surface area contributed by atoms with Gasteiger partial charge in [0.25, 0.3) is 0 Å². The molecule has 0 aliphatic rings. The molecule has 0 saturated heterocycles. The highest BCUT2D eigenvalue weighted by Gasteiger charge is 2.14. The van der Waals surface area contributed by atoms with Crippen molar-refractivity contribution in [2.24, 2.45) is 0 Å². The number of aryl methyl sites for hydroxylation is 2. The SMILES string of the molecule is Cc1nc(CC(O)c2ncccn2)sc1C. The van der Waals surface area contributed by atoms with Gasteiger partial charge >= 0.3 is 0 Å². The summed E-state index contributed by atoms with van der Waals surface area (Å²) in [6, 6.07) is 1.73. The fourth-order valence-corrected chi connectivity index (χ4v) is 2.34. The molecule has 0 aliphatic heterocycles. The first-order chi connectivity index (χ1) is 7.66. The van der Waals surface area contributed by atoms with E-state index in [1.165, 1.54) is 4.88 Å². The van der Waals surface area contributed by atoms with Gasteiger partial charge in [-0.2, -0.15) is 0 Å². The van der Waals surface area contributed by atoms with E-state index in [4.69, 9.17) is 0 Å². The second kappa shape index (κ2) is 4.67. The second-order valence-electron chi connectivity index (χ2n) is 3.58. The molecule has 5 heteroatoms. The van der Waals surface area contributed by atoms with Crippen molar-refractivity contribution in [3.63, 3.8) is 0 Å². The fraction of sp³-hybridized carbons (Fsp3) is 0.364. The van der Waals surface area contributed by atoms with Gasteiger partial charge in [-0.25, -0.2) is 15.0 Å². The van der Waals surface area contributed by atoms with Crippen molar-refractivity contribution < 1.29 is 5.11 Å². The Morgan fingerprint density at radius 2 is 2.00 bits per heavy atom. The summed E-state index contributed by atoms with van der Waals surface area (Å²) in [7, 11) is 0. The molecule has 2 aromatic rings. The van der Waals surface area contributed by atoms with Crippen LogP contribution in [0.15, 0.2) is 18.5 Å². The number of thiazole rings is 1. The Morgan fingerprint density at radius 1 is 1.31 bits per heavy atom. The molecule has 0 spiro atoms. The van der Waals surface area contributed by atoms with E-state index in [0.29, 0.717) is 12.2 Å². The maximum absolute atomic E-state index is 9.92. The molecule has 0 radical (unpaired) electrons. The van der Waals surface area contributed by atoms with Crippen LogP contribution in [0.4, 0.5) is 0 Å². The maximum atomic E-state index is 9.92. The lowest BCUT2D eigenvalue weighted by Gasteiger charge is -2.05. The van der Waals surface area contributed by atoms with Crippen LogP contribution < -0.4 is 0 Å². The van der Waals surface area contributed by atoms with Crippen LogP contribution in [-0.2, 0) is 6.42 Å². The summed E-state index contributed by atoms with van der Waals surface area (Å²) in [5.41, 5.74) is 1.03. The smallest absolute Gasteiger partial charge is 0.157 e. The van der Waals surface area contributed by atoms with Crippen LogP contribution in [0.5, 0.6) is 0 Å². The number of rotatable bonds is 3. The minimum atomic E-state index is -0.675. The summed E-state index contributed by atoms with van der Waals surface area (Å²) in [6.07, 6.45) is 3.06. The molecule has 0 aromatic carbocycles. The van der Waals surface area contributed by atoms with Gasteiger partial charge in [0.1, 0.15) is 6.10 Å². The highest BCUT2D eigenvalue weighted by atomic mass is 32.1. The molecule has 0 bridgehead atoms. The Balaban J connectivity index is 2.11. The minimum Gasteiger partial charge on any atom is -0.385 e. The number of aromatic nitrogens is 3. The topological polar surface area (TPSA) is 58.9 Å². The van der Waals surface area contributed by atoms with E-state index in [9.17, 15) is 5.11 Å². The lowest BCUT2D eigenvalue weighted by Crippen LogP contribution is -2.05. The van der Waals surface area contributed by atoms with Gasteiger partial charge in [-0.15, -0.1) is 11.3 Å². The molecule has 16 heavy (non-hydrogen) atoms. The molecule has 4 nitrogen and oxygen atoms in total. The zero-order valence-electron chi connectivity index (χ0n) is 9.21. The van der Waals surface area contributed by atoms with Crippen molar-refractivity contribution in [2.75, 3.05) is 0 Å². The number of nitrogens with zero attached hydrogens (tertiary/aromatic N) is 3. The molecular weight excluding hydrogens is 222 g/mol. The molecule has 2 aromatic heterocycles. The number of hydrogen-bond donors (Lipinski definition) is 1. The van der Waals surface area contributed by atoms with Crippen LogP contribution in [0.25, 0.3) is 0 Å². The highest BCUT2D eigenvalue weighted by molar-refractivity contribution is 7.11. The molecule has 0 amide bonds. The Morgan fingerprint density at radius 3 is 2.56 bits per heavy atom. The van der Waals surface area contributed by atoms with Gasteiger partial charge < -0.3 is 5.11 Å². The summed E-state index contributed by atoms with van der Waals surface area (Å²) in [6.45, 7) is 4.00. The van der Waals surface area contributed by atoms with Crippen molar-refractivity contribution in [1.82, 2.24) is 15.0 Å². The third-order valence-corrected chi connectivity index (χ3v) is 3.42. The van der Waals surface area contributed by atoms with E-state index in [-0.39, 0.29) is 0 Å². The van der Waals surface area contributed by atoms with Crippen molar-refractivity contribution in [3.05, 3.63) is 39.9 Å². The van der Waals surface area contributed by atoms with Gasteiger partial charge in [-0.1, -0.05) is 0 Å². The molecular formula is C11H13N3OS. The van der Waals surface area contributed by atoms with Crippen LogP contribution in [0.3, 0.4) is 0 Å². The minimum absolute atomic E-state index is 0.452. The summed E-state index contributed by atoms with van der Waals surface area (Å²) < 4.78 is 0. The monoisotopic (exact) mass is 235 g/mol. The van der Waals surface area contributed by atoms with E-state index in [1.54, 1.807) is 29.8 Å². The molecule has 1 unspecified atom stereocenters. The predicted octanol–water partition coefficient (Wildman–Crippen LogP) is 1.83. The lowest BCUT2D eigenvalue weighted by molar-refractivity contribution is 0.168. The molecule has 0 aliphatic carbocycles. The quantitative estimate of drug-likeness (QED) is 0.881. The zero-order chi connectivity index (χ0) is 11.5. The van der Waals surface area contributed by atoms with E-state index in [1.807, 2.05) is 13.8 Å². The van der Waals surface area contributed by atoms with Crippen molar-refractivity contribution >= 4 is 11.3 Å². The van der Waals surface area contributed by atoms with Gasteiger partial charge in [0, 0.05) is 23.7 Å². The van der Waals surface area contributed by atoms with E-state index in [2.05, 4.69) is 15.0 Å². The number of hydrogen-bond acceptors (Lipinski definition) is 5. The first kappa shape index (κ1) is 11.2. The zero-order valence-corrected chi connectivity index (χ0v) is 10.0. The van der Waals surface area contributed by atoms with Gasteiger partial charge in [-0.3, -0.25) is 0 Å². The Hall–Kier alpha value is -1.33. The van der Waals surface area contributed by atoms with Crippen LogP contribution in [0, 0.1) is 13.8 Å². The fourth-order valence-electron chi connectivity index (χ4n) is 1.37. The molecule has 2 rings (SSSR count). The van der Waals surface area contributed by atoms with Crippen LogP contribution in [-0.4, -0.2) is 20.1 Å². The van der Waals surface area contributed by atoms with E-state index < -0.39 is 6.10 Å². The van der Waals surface area contributed by atoms with E-state index in [0.717, 1.165) is 10.7 Å². The normalized spacial score (nSPS) is 12.7. The van der Waals surface area contributed by atoms with Crippen molar-refractivity contribution in [1.29, 1.82) is 0 Å². The third-order valence-electron chi connectivity index (χ3n) is 2.32. The standard InChI is InChI=1S/C11H13N3OS/c1-7-8(2)16-10(14-7)6-9(15)11-12-4-3-5-13-11/h3-5,9,15H,6H2,1-2H3. The first-order valence-electron chi connectivity index (χ1n) is 5.04. The third kappa shape index (κ3) is 2.43. The Kier molecular flexibility index (Phi) is 3.26. The Bertz CT molecular complexity index is 450. The van der Waals surface area contributed by atoms with Gasteiger partial charge in [0.05, 0.1) is 10.7 Å². The molecule has 1 N–H and O–H groups in total. The van der Waals surface area contributed by atoms with Gasteiger partial charge in [0.2, 0.25) is 0 Å². The molecule has 2 heterocycles. The maximum Gasteiger partial charge on any atom is 0.157 e. The first-order valence-corrected chi connectivity index (χ1v) is 5.86. The van der Waals surface area contributed by atoms with Crippen molar-refractivity contribution in [3.8, 4) is 0 Å². The van der Waals surface area contributed by atoms with Gasteiger partial charge in [0.15, 0.2) is 5.82 Å².